The van der Waals surface area contributed by atoms with Gasteiger partial charge in [-0.1, -0.05) is 55.1 Å². The van der Waals surface area contributed by atoms with Gasteiger partial charge in [-0.05, 0) is 53.6 Å². The van der Waals surface area contributed by atoms with E-state index in [1.165, 1.54) is 54.5 Å². The lowest BCUT2D eigenvalue weighted by Gasteiger charge is -2.31. The van der Waals surface area contributed by atoms with Crippen molar-refractivity contribution in [3.63, 3.8) is 0 Å². The first-order valence-corrected chi connectivity index (χ1v) is 8.63. The fourth-order valence-corrected chi connectivity index (χ4v) is 4.26. The molecule has 1 aromatic carbocycles. The molecule has 0 N–H and O–H groups in total. The number of hydrogen-bond acceptors (Lipinski definition) is 1. The zero-order chi connectivity index (χ0) is 14.9. The Hall–Kier alpha value is -1.60. The van der Waals surface area contributed by atoms with Crippen LogP contribution in [0, 0.1) is 5.92 Å². The highest BCUT2D eigenvalue weighted by Crippen LogP contribution is 2.44. The molecule has 1 saturated carbocycles. The molecule has 1 unspecified atom stereocenters. The van der Waals surface area contributed by atoms with Crippen LogP contribution in [0.25, 0.3) is 12.2 Å². The Kier molecular flexibility index (Phi) is 3.75. The SMILES string of the molecule is Clc1ccc2c(c1)C=Cc1cccnc1C2C1CCCCC1. The van der Waals surface area contributed by atoms with Crippen LogP contribution < -0.4 is 0 Å². The van der Waals surface area contributed by atoms with E-state index in [9.17, 15) is 0 Å². The van der Waals surface area contributed by atoms with Gasteiger partial charge in [0.15, 0.2) is 0 Å². The predicted octanol–water partition coefficient (Wildman–Crippen LogP) is 5.93. The molecule has 1 nitrogen and oxygen atoms in total. The largest absolute Gasteiger partial charge is 0.260 e. The summed E-state index contributed by atoms with van der Waals surface area (Å²) < 4.78 is 0. The van der Waals surface area contributed by atoms with E-state index in [2.05, 4.69) is 30.4 Å². The lowest BCUT2D eigenvalue weighted by molar-refractivity contribution is 0.324. The van der Waals surface area contributed by atoms with Crippen LogP contribution in [0.3, 0.4) is 0 Å². The normalized spacial score (nSPS) is 21.0. The number of hydrogen-bond donors (Lipinski definition) is 0. The Labute approximate surface area is 137 Å². The van der Waals surface area contributed by atoms with Gasteiger partial charge in [0.2, 0.25) is 0 Å². The Morgan fingerprint density at radius 2 is 1.77 bits per heavy atom. The minimum Gasteiger partial charge on any atom is -0.260 e. The molecule has 22 heavy (non-hydrogen) atoms. The van der Waals surface area contributed by atoms with Crippen LogP contribution in [0.2, 0.25) is 5.02 Å². The second-order valence-corrected chi connectivity index (χ2v) is 6.90. The van der Waals surface area contributed by atoms with Gasteiger partial charge in [-0.15, -0.1) is 0 Å². The van der Waals surface area contributed by atoms with Crippen LogP contribution in [0.5, 0.6) is 0 Å². The summed E-state index contributed by atoms with van der Waals surface area (Å²) in [6, 6.07) is 10.5. The summed E-state index contributed by atoms with van der Waals surface area (Å²) in [7, 11) is 0. The van der Waals surface area contributed by atoms with E-state index in [4.69, 9.17) is 16.6 Å². The van der Waals surface area contributed by atoms with Crippen LogP contribution in [0.4, 0.5) is 0 Å². The summed E-state index contributed by atoms with van der Waals surface area (Å²) in [5, 5.41) is 0.810. The molecular weight excluding hydrogens is 290 g/mol. The first kappa shape index (κ1) is 14.0. The molecule has 1 atom stereocenters. The van der Waals surface area contributed by atoms with E-state index >= 15 is 0 Å². The maximum atomic E-state index is 6.23. The Morgan fingerprint density at radius 3 is 2.64 bits per heavy atom. The molecule has 1 fully saturated rings. The fraction of sp³-hybridized carbons (Fsp3) is 0.350. The third kappa shape index (κ3) is 2.48. The molecule has 0 amide bonds. The van der Waals surface area contributed by atoms with Gasteiger partial charge in [-0.3, -0.25) is 4.98 Å². The number of benzene rings is 1. The van der Waals surface area contributed by atoms with Crippen molar-refractivity contribution in [3.8, 4) is 0 Å². The first-order chi connectivity index (χ1) is 10.8. The van der Waals surface area contributed by atoms with E-state index in [1.807, 2.05) is 18.3 Å². The number of halogens is 1. The standard InChI is InChI=1S/C20H20ClN/c21-17-10-11-18-16(13-17)9-8-15-7-4-12-22-20(15)19(18)14-5-2-1-3-6-14/h4,7-14,19H,1-3,5-6H2. The molecule has 4 rings (SSSR count). The summed E-state index contributed by atoms with van der Waals surface area (Å²) >= 11 is 6.23. The highest BCUT2D eigenvalue weighted by Gasteiger charge is 2.31. The van der Waals surface area contributed by atoms with E-state index < -0.39 is 0 Å². The lowest BCUT2D eigenvalue weighted by Crippen LogP contribution is -2.19. The van der Waals surface area contributed by atoms with Crippen molar-refractivity contribution in [1.29, 1.82) is 0 Å². The number of nitrogens with zero attached hydrogens (tertiary/aromatic N) is 1. The van der Waals surface area contributed by atoms with Crippen molar-refractivity contribution in [1.82, 2.24) is 4.98 Å². The first-order valence-electron chi connectivity index (χ1n) is 8.25. The van der Waals surface area contributed by atoms with Crippen LogP contribution in [-0.2, 0) is 0 Å². The zero-order valence-electron chi connectivity index (χ0n) is 12.6. The minimum atomic E-state index is 0.402. The van der Waals surface area contributed by atoms with Crippen molar-refractivity contribution < 1.29 is 0 Å². The van der Waals surface area contributed by atoms with Crippen LogP contribution in [0.15, 0.2) is 36.5 Å². The van der Waals surface area contributed by atoms with Crippen LogP contribution in [0.1, 0.15) is 60.4 Å². The van der Waals surface area contributed by atoms with Crippen molar-refractivity contribution >= 4 is 23.8 Å². The molecule has 2 aromatic rings. The zero-order valence-corrected chi connectivity index (χ0v) is 13.4. The quantitative estimate of drug-likeness (QED) is 0.636. The van der Waals surface area contributed by atoms with Gasteiger partial charge in [0, 0.05) is 17.1 Å². The molecule has 0 saturated heterocycles. The van der Waals surface area contributed by atoms with E-state index in [1.54, 1.807) is 0 Å². The maximum Gasteiger partial charge on any atom is 0.0553 e. The number of aromatic nitrogens is 1. The van der Waals surface area contributed by atoms with E-state index in [-0.39, 0.29) is 0 Å². The molecule has 0 aliphatic heterocycles. The third-order valence-corrected chi connectivity index (χ3v) is 5.35. The average Bonchev–Trinajstić information content (AvgIpc) is 2.72. The summed E-state index contributed by atoms with van der Waals surface area (Å²) in [6.07, 6.45) is 13.0. The molecule has 0 radical (unpaired) electrons. The third-order valence-electron chi connectivity index (χ3n) is 5.11. The molecule has 0 bridgehead atoms. The van der Waals surface area contributed by atoms with Crippen LogP contribution in [-0.4, -0.2) is 4.98 Å². The minimum absolute atomic E-state index is 0.402. The summed E-state index contributed by atoms with van der Waals surface area (Å²) in [4.78, 5) is 4.77. The van der Waals surface area contributed by atoms with Crippen molar-refractivity contribution in [2.45, 2.75) is 38.0 Å². The fourth-order valence-electron chi connectivity index (χ4n) is 4.08. The molecule has 2 aliphatic rings. The number of pyridine rings is 1. The van der Waals surface area contributed by atoms with Gasteiger partial charge >= 0.3 is 0 Å². The number of fused-ring (bicyclic) bond motifs is 2. The molecule has 2 aliphatic carbocycles. The lowest BCUT2D eigenvalue weighted by atomic mass is 9.74. The smallest absolute Gasteiger partial charge is 0.0553 e. The van der Waals surface area contributed by atoms with Crippen molar-refractivity contribution in [2.24, 2.45) is 5.92 Å². The Balaban J connectivity index is 1.89. The van der Waals surface area contributed by atoms with Gasteiger partial charge in [0.25, 0.3) is 0 Å². The summed E-state index contributed by atoms with van der Waals surface area (Å²) in [6.45, 7) is 0. The topological polar surface area (TPSA) is 12.9 Å². The molecule has 1 heterocycles. The molecule has 2 heteroatoms. The highest BCUT2D eigenvalue weighted by atomic mass is 35.5. The van der Waals surface area contributed by atoms with Crippen molar-refractivity contribution in [2.75, 3.05) is 0 Å². The van der Waals surface area contributed by atoms with Gasteiger partial charge in [0.05, 0.1) is 5.69 Å². The van der Waals surface area contributed by atoms with Gasteiger partial charge in [-0.25, -0.2) is 0 Å². The van der Waals surface area contributed by atoms with Crippen LogP contribution >= 0.6 is 11.6 Å². The second-order valence-electron chi connectivity index (χ2n) is 6.46. The monoisotopic (exact) mass is 309 g/mol. The van der Waals surface area contributed by atoms with E-state index in [0.29, 0.717) is 11.8 Å². The van der Waals surface area contributed by atoms with Gasteiger partial charge < -0.3 is 0 Å². The van der Waals surface area contributed by atoms with Gasteiger partial charge in [-0.2, -0.15) is 0 Å². The van der Waals surface area contributed by atoms with Gasteiger partial charge in [0.1, 0.15) is 0 Å². The maximum absolute atomic E-state index is 6.23. The Morgan fingerprint density at radius 1 is 0.955 bits per heavy atom. The molecule has 1 aromatic heterocycles. The predicted molar refractivity (Wildman–Crippen MR) is 93.0 cm³/mol. The summed E-state index contributed by atoms with van der Waals surface area (Å²) in [5.74, 6) is 1.10. The number of rotatable bonds is 1. The molecular formula is C20H20ClN. The molecule has 112 valence electrons. The van der Waals surface area contributed by atoms with E-state index in [0.717, 1.165) is 5.02 Å². The summed E-state index contributed by atoms with van der Waals surface area (Å²) in [5.41, 5.74) is 5.14. The second kappa shape index (κ2) is 5.89. The average molecular weight is 310 g/mol. The van der Waals surface area contributed by atoms with Crippen molar-refractivity contribution in [3.05, 3.63) is 63.9 Å². The Bertz CT molecular complexity index is 713. The molecule has 0 spiro atoms. The highest BCUT2D eigenvalue weighted by molar-refractivity contribution is 6.30.